The third kappa shape index (κ3) is 5.53. The molecular weight excluding hydrogens is 198 g/mol. The fourth-order valence-corrected chi connectivity index (χ4v) is 1.73. The van der Waals surface area contributed by atoms with Crippen molar-refractivity contribution in [3.63, 3.8) is 0 Å². The Labute approximate surface area is 97.5 Å². The number of aliphatic hydroxyl groups is 1. The summed E-state index contributed by atoms with van der Waals surface area (Å²) in [6.45, 7) is 0. The zero-order chi connectivity index (χ0) is 11.6. The maximum atomic E-state index is 9.03. The van der Waals surface area contributed by atoms with Crippen LogP contribution in [0.2, 0.25) is 0 Å². The van der Waals surface area contributed by atoms with Crippen molar-refractivity contribution in [1.29, 1.82) is 5.26 Å². The lowest BCUT2D eigenvalue weighted by Crippen LogP contribution is -2.01. The van der Waals surface area contributed by atoms with E-state index < -0.39 is 6.10 Å². The van der Waals surface area contributed by atoms with Crippen LogP contribution in [0.4, 0.5) is 0 Å². The molecule has 0 bridgehead atoms. The predicted molar refractivity (Wildman–Crippen MR) is 64.9 cm³/mol. The van der Waals surface area contributed by atoms with E-state index in [2.05, 4.69) is 24.3 Å². The molecule has 2 heteroatoms. The fraction of sp³-hybridized carbons (Fsp3) is 0.500. The Morgan fingerprint density at radius 3 is 2.44 bits per heavy atom. The zero-order valence-electron chi connectivity index (χ0n) is 9.60. The number of hydrogen-bond donors (Lipinski definition) is 1. The van der Waals surface area contributed by atoms with Gasteiger partial charge in [-0.15, -0.1) is 0 Å². The summed E-state index contributed by atoms with van der Waals surface area (Å²) >= 11 is 0. The molecule has 0 saturated carbocycles. The van der Waals surface area contributed by atoms with Gasteiger partial charge in [0.05, 0.1) is 6.07 Å². The molecular formula is C14H19NO. The second kappa shape index (κ2) is 7.90. The highest BCUT2D eigenvalue weighted by molar-refractivity contribution is 5.14. The third-order valence-corrected chi connectivity index (χ3v) is 2.68. The summed E-state index contributed by atoms with van der Waals surface area (Å²) in [4.78, 5) is 0. The summed E-state index contributed by atoms with van der Waals surface area (Å²) in [6.07, 6.45) is 5.38. The summed E-state index contributed by atoms with van der Waals surface area (Å²) in [5.74, 6) is 0. The molecule has 0 radical (unpaired) electrons. The average molecular weight is 217 g/mol. The maximum absolute atomic E-state index is 9.03. The van der Waals surface area contributed by atoms with Crippen LogP contribution in [-0.2, 0) is 6.42 Å². The average Bonchev–Trinajstić information content (AvgIpc) is 2.34. The first-order valence-corrected chi connectivity index (χ1v) is 5.94. The van der Waals surface area contributed by atoms with Crippen LogP contribution in [0.15, 0.2) is 30.3 Å². The van der Waals surface area contributed by atoms with Crippen LogP contribution in [-0.4, -0.2) is 11.2 Å². The Morgan fingerprint density at radius 1 is 1.06 bits per heavy atom. The van der Waals surface area contributed by atoms with Crippen molar-refractivity contribution >= 4 is 0 Å². The smallest absolute Gasteiger partial charge is 0.140 e. The molecule has 1 atom stereocenters. The molecule has 0 heterocycles. The molecule has 1 rings (SSSR count). The van der Waals surface area contributed by atoms with Gasteiger partial charge in [-0.1, -0.05) is 43.2 Å². The lowest BCUT2D eigenvalue weighted by Gasteiger charge is -2.03. The number of aryl methyl sites for hydroxylation is 1. The second-order valence-electron chi connectivity index (χ2n) is 4.08. The van der Waals surface area contributed by atoms with Gasteiger partial charge < -0.3 is 5.11 Å². The standard InChI is InChI=1S/C14H19NO/c15-12-14(16)11-7-2-1-4-8-13-9-5-3-6-10-13/h3,5-6,9-10,14,16H,1-2,4,7-8,11H2. The highest BCUT2D eigenvalue weighted by Gasteiger charge is 2.00. The molecule has 0 saturated heterocycles. The van der Waals surface area contributed by atoms with Gasteiger partial charge >= 0.3 is 0 Å². The van der Waals surface area contributed by atoms with E-state index >= 15 is 0 Å². The number of nitriles is 1. The van der Waals surface area contributed by atoms with Crippen molar-refractivity contribution in [2.24, 2.45) is 0 Å². The zero-order valence-corrected chi connectivity index (χ0v) is 9.60. The van der Waals surface area contributed by atoms with Crippen LogP contribution in [0.5, 0.6) is 0 Å². The molecule has 1 N–H and O–H groups in total. The Bertz CT molecular complexity index is 315. The Kier molecular flexibility index (Phi) is 6.29. The number of nitrogens with zero attached hydrogens (tertiary/aromatic N) is 1. The SMILES string of the molecule is N#CC(O)CCCCCCc1ccccc1. The van der Waals surface area contributed by atoms with Crippen molar-refractivity contribution in [2.75, 3.05) is 0 Å². The van der Waals surface area contributed by atoms with E-state index in [1.807, 2.05) is 12.1 Å². The van der Waals surface area contributed by atoms with E-state index in [4.69, 9.17) is 10.4 Å². The molecule has 2 nitrogen and oxygen atoms in total. The summed E-state index contributed by atoms with van der Waals surface area (Å²) in [6, 6.07) is 12.3. The van der Waals surface area contributed by atoms with Gasteiger partial charge in [0.2, 0.25) is 0 Å². The molecule has 0 aliphatic carbocycles. The minimum absolute atomic E-state index is 0.613. The Hall–Kier alpha value is -1.33. The fourth-order valence-electron chi connectivity index (χ4n) is 1.73. The van der Waals surface area contributed by atoms with Crippen LogP contribution in [0.25, 0.3) is 0 Å². The van der Waals surface area contributed by atoms with E-state index in [1.54, 1.807) is 0 Å². The molecule has 0 aromatic heterocycles. The summed E-state index contributed by atoms with van der Waals surface area (Å²) < 4.78 is 0. The van der Waals surface area contributed by atoms with Crippen molar-refractivity contribution in [3.05, 3.63) is 35.9 Å². The van der Waals surface area contributed by atoms with Gasteiger partial charge in [0.15, 0.2) is 0 Å². The van der Waals surface area contributed by atoms with E-state index in [9.17, 15) is 0 Å². The van der Waals surface area contributed by atoms with Gasteiger partial charge in [-0.3, -0.25) is 0 Å². The van der Waals surface area contributed by atoms with E-state index in [-0.39, 0.29) is 0 Å². The number of hydrogen-bond acceptors (Lipinski definition) is 2. The number of unbranched alkanes of at least 4 members (excludes halogenated alkanes) is 3. The molecule has 0 spiro atoms. The summed E-state index contributed by atoms with van der Waals surface area (Å²) in [5.41, 5.74) is 1.39. The molecule has 1 unspecified atom stereocenters. The van der Waals surface area contributed by atoms with E-state index in [0.29, 0.717) is 6.42 Å². The van der Waals surface area contributed by atoms with Crippen LogP contribution in [0.3, 0.4) is 0 Å². The van der Waals surface area contributed by atoms with Crippen molar-refractivity contribution < 1.29 is 5.11 Å². The lowest BCUT2D eigenvalue weighted by molar-refractivity contribution is 0.215. The van der Waals surface area contributed by atoms with Crippen molar-refractivity contribution in [3.8, 4) is 6.07 Å². The first-order chi connectivity index (χ1) is 7.83. The molecule has 0 fully saturated rings. The number of aliphatic hydroxyl groups excluding tert-OH is 1. The summed E-state index contributed by atoms with van der Waals surface area (Å²) in [7, 11) is 0. The maximum Gasteiger partial charge on any atom is 0.140 e. The predicted octanol–water partition coefficient (Wildman–Crippen LogP) is 3.06. The van der Waals surface area contributed by atoms with E-state index in [0.717, 1.165) is 19.3 Å². The van der Waals surface area contributed by atoms with Crippen molar-refractivity contribution in [1.82, 2.24) is 0 Å². The van der Waals surface area contributed by atoms with Gasteiger partial charge in [-0.05, 0) is 31.2 Å². The first kappa shape index (κ1) is 12.7. The normalized spacial score (nSPS) is 12.0. The molecule has 0 aliphatic heterocycles. The molecule has 86 valence electrons. The molecule has 1 aromatic rings. The monoisotopic (exact) mass is 217 g/mol. The number of rotatable bonds is 7. The lowest BCUT2D eigenvalue weighted by atomic mass is 10.0. The highest BCUT2D eigenvalue weighted by Crippen LogP contribution is 2.09. The van der Waals surface area contributed by atoms with E-state index in [1.165, 1.54) is 18.4 Å². The van der Waals surface area contributed by atoms with Gasteiger partial charge in [0.1, 0.15) is 6.10 Å². The van der Waals surface area contributed by atoms with Gasteiger partial charge in [-0.25, -0.2) is 0 Å². The first-order valence-electron chi connectivity index (χ1n) is 5.94. The number of benzene rings is 1. The van der Waals surface area contributed by atoms with Crippen LogP contribution in [0.1, 0.15) is 37.7 Å². The Morgan fingerprint density at radius 2 is 1.75 bits per heavy atom. The van der Waals surface area contributed by atoms with Gasteiger partial charge in [0, 0.05) is 0 Å². The Balaban J connectivity index is 1.99. The molecule has 0 amide bonds. The second-order valence-corrected chi connectivity index (χ2v) is 4.08. The minimum Gasteiger partial charge on any atom is -0.378 e. The minimum atomic E-state index is -0.769. The van der Waals surface area contributed by atoms with Gasteiger partial charge in [-0.2, -0.15) is 5.26 Å². The summed E-state index contributed by atoms with van der Waals surface area (Å²) in [5, 5.41) is 17.4. The van der Waals surface area contributed by atoms with Crippen molar-refractivity contribution in [2.45, 2.75) is 44.6 Å². The topological polar surface area (TPSA) is 44.0 Å². The van der Waals surface area contributed by atoms with Crippen LogP contribution in [0, 0.1) is 11.3 Å². The highest BCUT2D eigenvalue weighted by atomic mass is 16.3. The molecule has 1 aromatic carbocycles. The van der Waals surface area contributed by atoms with Crippen LogP contribution < -0.4 is 0 Å². The third-order valence-electron chi connectivity index (χ3n) is 2.68. The quantitative estimate of drug-likeness (QED) is 0.563. The molecule has 0 aliphatic rings. The van der Waals surface area contributed by atoms with Gasteiger partial charge in [0.25, 0.3) is 0 Å². The van der Waals surface area contributed by atoms with Crippen LogP contribution >= 0.6 is 0 Å². The molecule has 16 heavy (non-hydrogen) atoms. The largest absolute Gasteiger partial charge is 0.378 e.